The van der Waals surface area contributed by atoms with E-state index < -0.39 is 12.4 Å². The Bertz CT molecular complexity index is 396. The van der Waals surface area contributed by atoms with Crippen molar-refractivity contribution in [3.8, 4) is 0 Å². The van der Waals surface area contributed by atoms with Crippen LogP contribution in [-0.2, 0) is 11.2 Å². The van der Waals surface area contributed by atoms with Gasteiger partial charge < -0.3 is 5.11 Å². The van der Waals surface area contributed by atoms with Crippen molar-refractivity contribution in [3.63, 3.8) is 0 Å². The lowest BCUT2D eigenvalue weighted by atomic mass is 10.1. The predicted octanol–water partition coefficient (Wildman–Crippen LogP) is 2.72. The van der Waals surface area contributed by atoms with E-state index in [-0.39, 0.29) is 16.5 Å². The van der Waals surface area contributed by atoms with Gasteiger partial charge >= 0.3 is 5.97 Å². The van der Waals surface area contributed by atoms with Crippen LogP contribution in [0.25, 0.3) is 0 Å². The van der Waals surface area contributed by atoms with E-state index in [2.05, 4.69) is 20.9 Å². The molecule has 0 radical (unpaired) electrons. The van der Waals surface area contributed by atoms with Crippen molar-refractivity contribution in [2.75, 3.05) is 0 Å². The zero-order chi connectivity index (χ0) is 11.6. The van der Waals surface area contributed by atoms with Crippen LogP contribution in [-0.4, -0.2) is 16.1 Å². The van der Waals surface area contributed by atoms with Crippen molar-refractivity contribution in [3.05, 3.63) is 27.5 Å². The number of carbonyl (C=O) groups is 1. The second kappa shape index (κ2) is 4.65. The zero-order valence-electron chi connectivity index (χ0n) is 7.80. The second-order valence-electron chi connectivity index (χ2n) is 2.96. The molecule has 0 saturated heterocycles. The molecule has 0 bridgehead atoms. The molecule has 1 heterocycles. The smallest absolute Gasteiger partial charge is 0.307 e. The minimum Gasteiger partial charge on any atom is -0.481 e. The predicted molar refractivity (Wildman–Crippen MR) is 53.0 cm³/mol. The van der Waals surface area contributed by atoms with Gasteiger partial charge in [0.25, 0.3) is 6.43 Å². The number of aromatic nitrogens is 1. The summed E-state index contributed by atoms with van der Waals surface area (Å²) in [6, 6.07) is 0. The average molecular weight is 280 g/mol. The van der Waals surface area contributed by atoms with Gasteiger partial charge in [-0.3, -0.25) is 9.78 Å². The Kier molecular flexibility index (Phi) is 3.73. The van der Waals surface area contributed by atoms with Crippen LogP contribution in [0.4, 0.5) is 8.78 Å². The molecule has 1 rings (SSSR count). The maximum Gasteiger partial charge on any atom is 0.307 e. The van der Waals surface area contributed by atoms with Gasteiger partial charge in [0.2, 0.25) is 0 Å². The topological polar surface area (TPSA) is 50.2 Å². The molecule has 3 nitrogen and oxygen atoms in total. The number of alkyl halides is 2. The third-order valence-electron chi connectivity index (χ3n) is 1.92. The molecule has 1 N–H and O–H groups in total. The van der Waals surface area contributed by atoms with Crippen molar-refractivity contribution >= 4 is 21.9 Å². The third-order valence-corrected chi connectivity index (χ3v) is 2.85. The summed E-state index contributed by atoms with van der Waals surface area (Å²) < 4.78 is 25.1. The maximum atomic E-state index is 12.5. The Morgan fingerprint density at radius 1 is 1.67 bits per heavy atom. The molecule has 6 heteroatoms. The van der Waals surface area contributed by atoms with Crippen LogP contribution in [0, 0.1) is 6.92 Å². The van der Waals surface area contributed by atoms with Crippen LogP contribution >= 0.6 is 15.9 Å². The Morgan fingerprint density at radius 3 is 2.73 bits per heavy atom. The van der Waals surface area contributed by atoms with Crippen LogP contribution in [0.3, 0.4) is 0 Å². The molecule has 15 heavy (non-hydrogen) atoms. The number of rotatable bonds is 3. The Labute approximate surface area is 93.3 Å². The lowest BCUT2D eigenvalue weighted by Crippen LogP contribution is -2.06. The van der Waals surface area contributed by atoms with E-state index in [1.165, 1.54) is 0 Å². The Hall–Kier alpha value is -1.04. The molecule has 0 spiro atoms. The van der Waals surface area contributed by atoms with Crippen LogP contribution in [0.2, 0.25) is 0 Å². The van der Waals surface area contributed by atoms with E-state index in [1.54, 1.807) is 6.92 Å². The molecule has 0 aliphatic rings. The number of nitrogens with zero attached hydrogens (tertiary/aromatic N) is 1. The van der Waals surface area contributed by atoms with E-state index in [1.807, 2.05) is 0 Å². The van der Waals surface area contributed by atoms with Crippen molar-refractivity contribution in [2.45, 2.75) is 19.8 Å². The van der Waals surface area contributed by atoms with Crippen LogP contribution in [0.5, 0.6) is 0 Å². The Balaban J connectivity index is 3.23. The first-order chi connectivity index (χ1) is 6.93. The number of hydrogen-bond donors (Lipinski definition) is 1. The van der Waals surface area contributed by atoms with Crippen molar-refractivity contribution in [1.29, 1.82) is 0 Å². The third kappa shape index (κ3) is 2.71. The minimum atomic E-state index is -2.67. The van der Waals surface area contributed by atoms with Gasteiger partial charge in [-0.05, 0) is 28.4 Å². The lowest BCUT2D eigenvalue weighted by molar-refractivity contribution is -0.136. The lowest BCUT2D eigenvalue weighted by Gasteiger charge is -2.09. The van der Waals surface area contributed by atoms with E-state index in [9.17, 15) is 13.6 Å². The Morgan fingerprint density at radius 2 is 2.27 bits per heavy atom. The van der Waals surface area contributed by atoms with Gasteiger partial charge in [-0.2, -0.15) is 0 Å². The largest absolute Gasteiger partial charge is 0.481 e. The van der Waals surface area contributed by atoms with Crippen LogP contribution < -0.4 is 0 Å². The average Bonchev–Trinajstić information content (AvgIpc) is 2.11. The molecular weight excluding hydrogens is 272 g/mol. The van der Waals surface area contributed by atoms with Crippen molar-refractivity contribution in [1.82, 2.24) is 4.98 Å². The number of halogens is 3. The molecule has 0 amide bonds. The van der Waals surface area contributed by atoms with Gasteiger partial charge in [0.15, 0.2) is 0 Å². The molecule has 0 atom stereocenters. The minimum absolute atomic E-state index is 0.132. The summed E-state index contributed by atoms with van der Waals surface area (Å²) in [5, 5.41) is 8.61. The number of carboxylic acids is 1. The number of carboxylic acid groups (broad SMARTS) is 1. The van der Waals surface area contributed by atoms with Gasteiger partial charge in [0.1, 0.15) is 0 Å². The summed E-state index contributed by atoms with van der Waals surface area (Å²) in [6.07, 6.45) is -1.94. The highest BCUT2D eigenvalue weighted by Crippen LogP contribution is 2.30. The van der Waals surface area contributed by atoms with Gasteiger partial charge in [-0.15, -0.1) is 0 Å². The summed E-state index contributed by atoms with van der Waals surface area (Å²) >= 11 is 2.98. The van der Waals surface area contributed by atoms with E-state index in [0.717, 1.165) is 6.20 Å². The van der Waals surface area contributed by atoms with Crippen LogP contribution in [0.1, 0.15) is 23.2 Å². The number of aliphatic carboxylic acids is 1. The zero-order valence-corrected chi connectivity index (χ0v) is 9.38. The molecule has 0 aliphatic heterocycles. The van der Waals surface area contributed by atoms with Gasteiger partial charge in [-0.25, -0.2) is 8.78 Å². The number of hydrogen-bond acceptors (Lipinski definition) is 2. The van der Waals surface area contributed by atoms with Crippen molar-refractivity contribution < 1.29 is 18.7 Å². The molecule has 0 aromatic carbocycles. The fourth-order valence-corrected chi connectivity index (χ4v) is 1.85. The highest BCUT2D eigenvalue weighted by molar-refractivity contribution is 9.10. The normalized spacial score (nSPS) is 10.7. The van der Waals surface area contributed by atoms with E-state index >= 15 is 0 Å². The summed E-state index contributed by atoms with van der Waals surface area (Å²) in [5.74, 6) is -1.08. The van der Waals surface area contributed by atoms with Crippen molar-refractivity contribution in [2.24, 2.45) is 0 Å². The fraction of sp³-hybridized carbons (Fsp3) is 0.333. The highest BCUT2D eigenvalue weighted by Gasteiger charge is 2.18. The summed E-state index contributed by atoms with van der Waals surface area (Å²) in [7, 11) is 0. The summed E-state index contributed by atoms with van der Waals surface area (Å²) in [4.78, 5) is 14.3. The maximum absolute atomic E-state index is 12.5. The molecule has 1 aromatic rings. The molecule has 0 unspecified atom stereocenters. The summed E-state index contributed by atoms with van der Waals surface area (Å²) in [6.45, 7) is 1.58. The summed E-state index contributed by atoms with van der Waals surface area (Å²) in [5.41, 5.74) is 0.450. The van der Waals surface area contributed by atoms with Crippen LogP contribution in [0.15, 0.2) is 10.7 Å². The standard InChI is InChI=1S/C9H8BrF2NO2/c1-4-5(2-7(14)15)8(10)6(3-13-4)9(11)12/h3,9H,2H2,1H3,(H,14,15). The number of pyridine rings is 1. The number of aryl methyl sites for hydroxylation is 1. The molecule has 0 saturated carbocycles. The van der Waals surface area contributed by atoms with Gasteiger partial charge in [0, 0.05) is 16.4 Å². The molecule has 0 aliphatic carbocycles. The second-order valence-corrected chi connectivity index (χ2v) is 3.76. The first kappa shape index (κ1) is 12.0. The first-order valence-electron chi connectivity index (χ1n) is 4.07. The monoisotopic (exact) mass is 279 g/mol. The molecule has 0 fully saturated rings. The fourth-order valence-electron chi connectivity index (χ4n) is 1.14. The van der Waals surface area contributed by atoms with Gasteiger partial charge in [-0.1, -0.05) is 0 Å². The van der Waals surface area contributed by atoms with E-state index in [0.29, 0.717) is 11.3 Å². The van der Waals surface area contributed by atoms with E-state index in [4.69, 9.17) is 5.11 Å². The molecular formula is C9H8BrF2NO2. The SMILES string of the molecule is Cc1ncc(C(F)F)c(Br)c1CC(=O)O. The quantitative estimate of drug-likeness (QED) is 0.926. The molecule has 1 aromatic heterocycles. The van der Waals surface area contributed by atoms with Gasteiger partial charge in [0.05, 0.1) is 12.0 Å². The first-order valence-corrected chi connectivity index (χ1v) is 4.86. The molecule has 82 valence electrons. The highest BCUT2D eigenvalue weighted by atomic mass is 79.9.